The summed E-state index contributed by atoms with van der Waals surface area (Å²) in [5.74, 6) is 0. The number of ether oxygens (including phenoxy) is 2. The minimum absolute atomic E-state index is 0.317. The Morgan fingerprint density at radius 3 is 2.58 bits per heavy atom. The average Bonchev–Trinajstić information content (AvgIpc) is 2.28. The Morgan fingerprint density at radius 2 is 2.05 bits per heavy atom. The highest BCUT2D eigenvalue weighted by molar-refractivity contribution is 5.12. The van der Waals surface area contributed by atoms with Crippen LogP contribution in [0.25, 0.3) is 0 Å². The quantitative estimate of drug-likeness (QED) is 0.735. The summed E-state index contributed by atoms with van der Waals surface area (Å²) < 4.78 is 11.1. The van der Waals surface area contributed by atoms with Gasteiger partial charge >= 0.3 is 0 Å². The third-order valence-corrected chi connectivity index (χ3v) is 5.25. The van der Waals surface area contributed by atoms with E-state index in [1.807, 2.05) is 0 Å². The van der Waals surface area contributed by atoms with Crippen LogP contribution in [0.15, 0.2) is 0 Å². The van der Waals surface area contributed by atoms with Crippen molar-refractivity contribution < 1.29 is 9.47 Å². The molecule has 1 N–H and O–H groups in total. The molecule has 112 valence electrons. The number of methoxy groups -OCH3 is 1. The van der Waals surface area contributed by atoms with Crippen LogP contribution < -0.4 is 5.32 Å². The molecule has 2 aliphatic rings. The summed E-state index contributed by atoms with van der Waals surface area (Å²) in [6, 6.07) is 0.680. The van der Waals surface area contributed by atoms with Crippen LogP contribution in [0.3, 0.4) is 0 Å². The SMILES string of the molecule is CCOC1CC(NCC(C)(C)CCOC)C12CCC2. The minimum Gasteiger partial charge on any atom is -0.385 e. The van der Waals surface area contributed by atoms with Gasteiger partial charge in [-0.3, -0.25) is 0 Å². The first-order valence-electron chi connectivity index (χ1n) is 7.88. The molecule has 2 atom stereocenters. The van der Waals surface area contributed by atoms with Gasteiger partial charge in [-0.25, -0.2) is 0 Å². The van der Waals surface area contributed by atoms with Crippen molar-refractivity contribution >= 4 is 0 Å². The fourth-order valence-corrected chi connectivity index (χ4v) is 3.59. The lowest BCUT2D eigenvalue weighted by molar-refractivity contribution is -0.173. The molecule has 1 spiro atoms. The van der Waals surface area contributed by atoms with Crippen molar-refractivity contribution in [1.82, 2.24) is 5.32 Å². The van der Waals surface area contributed by atoms with Gasteiger partial charge in [0.05, 0.1) is 6.10 Å². The number of rotatable bonds is 8. The van der Waals surface area contributed by atoms with Crippen molar-refractivity contribution in [3.8, 4) is 0 Å². The molecule has 19 heavy (non-hydrogen) atoms. The molecule has 3 heteroatoms. The second-order valence-corrected chi connectivity index (χ2v) is 7.11. The zero-order valence-corrected chi connectivity index (χ0v) is 13.1. The lowest BCUT2D eigenvalue weighted by atomic mass is 9.51. The summed E-state index contributed by atoms with van der Waals surface area (Å²) in [6.45, 7) is 9.56. The molecule has 2 aliphatic carbocycles. The maximum Gasteiger partial charge on any atom is 0.0661 e. The van der Waals surface area contributed by atoms with Crippen LogP contribution in [-0.2, 0) is 9.47 Å². The Morgan fingerprint density at radius 1 is 1.32 bits per heavy atom. The lowest BCUT2D eigenvalue weighted by Crippen LogP contribution is -2.67. The van der Waals surface area contributed by atoms with Crippen LogP contribution in [0.1, 0.15) is 52.9 Å². The molecule has 2 rings (SSSR count). The fourth-order valence-electron chi connectivity index (χ4n) is 3.59. The van der Waals surface area contributed by atoms with Crippen LogP contribution >= 0.6 is 0 Å². The molecule has 0 aromatic rings. The standard InChI is InChI=1S/C16H31NO2/c1-5-19-14-11-13(16(14)7-6-8-16)17-12-15(2,3)9-10-18-4/h13-14,17H,5-12H2,1-4H3. The predicted molar refractivity (Wildman–Crippen MR) is 78.4 cm³/mol. The largest absolute Gasteiger partial charge is 0.385 e. The third kappa shape index (κ3) is 3.14. The normalized spacial score (nSPS) is 29.1. The Hall–Kier alpha value is -0.120. The van der Waals surface area contributed by atoms with E-state index in [1.54, 1.807) is 7.11 Å². The molecular weight excluding hydrogens is 238 g/mol. The molecule has 3 nitrogen and oxygen atoms in total. The van der Waals surface area contributed by atoms with Crippen LogP contribution in [-0.4, -0.2) is 39.0 Å². The Kier molecular flexibility index (Phi) is 4.91. The molecule has 0 amide bonds. The summed E-state index contributed by atoms with van der Waals surface area (Å²) in [5, 5.41) is 3.81. The Labute approximate surface area is 118 Å². The Balaban J connectivity index is 1.78. The fraction of sp³-hybridized carbons (Fsp3) is 1.00. The van der Waals surface area contributed by atoms with Gasteiger partial charge in [0.1, 0.15) is 0 Å². The van der Waals surface area contributed by atoms with E-state index in [2.05, 4.69) is 26.1 Å². The van der Waals surface area contributed by atoms with Gasteiger partial charge in [-0.05, 0) is 38.0 Å². The van der Waals surface area contributed by atoms with Crippen LogP contribution in [0.5, 0.6) is 0 Å². The molecule has 0 aromatic heterocycles. The van der Waals surface area contributed by atoms with Gasteiger partial charge in [-0.1, -0.05) is 20.3 Å². The van der Waals surface area contributed by atoms with Crippen molar-refractivity contribution in [1.29, 1.82) is 0 Å². The zero-order valence-electron chi connectivity index (χ0n) is 13.1. The van der Waals surface area contributed by atoms with E-state index in [9.17, 15) is 0 Å². The highest BCUT2D eigenvalue weighted by atomic mass is 16.5. The lowest BCUT2D eigenvalue weighted by Gasteiger charge is -2.61. The van der Waals surface area contributed by atoms with Crippen LogP contribution in [0, 0.1) is 10.8 Å². The molecular formula is C16H31NO2. The van der Waals surface area contributed by atoms with Crippen molar-refractivity contribution in [3.05, 3.63) is 0 Å². The second-order valence-electron chi connectivity index (χ2n) is 7.11. The smallest absolute Gasteiger partial charge is 0.0661 e. The minimum atomic E-state index is 0.317. The average molecular weight is 269 g/mol. The summed E-state index contributed by atoms with van der Waals surface area (Å²) in [7, 11) is 1.78. The highest BCUT2D eigenvalue weighted by Crippen LogP contribution is 2.57. The van der Waals surface area contributed by atoms with Crippen LogP contribution in [0.2, 0.25) is 0 Å². The molecule has 0 heterocycles. The van der Waals surface area contributed by atoms with Crippen molar-refractivity contribution in [2.24, 2.45) is 10.8 Å². The molecule has 0 aliphatic heterocycles. The van der Waals surface area contributed by atoms with E-state index in [0.29, 0.717) is 23.0 Å². The molecule has 0 bridgehead atoms. The van der Waals surface area contributed by atoms with Gasteiger partial charge in [0.25, 0.3) is 0 Å². The molecule has 0 saturated heterocycles. The van der Waals surface area contributed by atoms with E-state index < -0.39 is 0 Å². The van der Waals surface area contributed by atoms with Gasteiger partial charge in [0, 0.05) is 38.3 Å². The molecule has 0 aromatic carbocycles. The van der Waals surface area contributed by atoms with E-state index in [0.717, 1.165) is 26.2 Å². The Bertz CT molecular complexity index is 286. The topological polar surface area (TPSA) is 30.5 Å². The summed E-state index contributed by atoms with van der Waals surface area (Å²) in [5.41, 5.74) is 0.797. The molecule has 0 radical (unpaired) electrons. The van der Waals surface area contributed by atoms with Crippen molar-refractivity contribution in [2.45, 2.75) is 65.0 Å². The van der Waals surface area contributed by atoms with Gasteiger partial charge in [-0.15, -0.1) is 0 Å². The van der Waals surface area contributed by atoms with Gasteiger partial charge in [0.2, 0.25) is 0 Å². The maximum atomic E-state index is 5.90. The number of hydrogen-bond acceptors (Lipinski definition) is 3. The third-order valence-electron chi connectivity index (χ3n) is 5.25. The first-order valence-corrected chi connectivity index (χ1v) is 7.88. The van der Waals surface area contributed by atoms with E-state index in [-0.39, 0.29) is 0 Å². The first kappa shape index (κ1) is 15.3. The van der Waals surface area contributed by atoms with Crippen LogP contribution in [0.4, 0.5) is 0 Å². The van der Waals surface area contributed by atoms with Gasteiger partial charge in [0.15, 0.2) is 0 Å². The summed E-state index contributed by atoms with van der Waals surface area (Å²) >= 11 is 0. The number of nitrogens with one attached hydrogen (secondary N) is 1. The second kappa shape index (κ2) is 6.11. The summed E-state index contributed by atoms with van der Waals surface area (Å²) in [4.78, 5) is 0. The number of hydrogen-bond donors (Lipinski definition) is 1. The maximum absolute atomic E-state index is 5.90. The van der Waals surface area contributed by atoms with E-state index in [1.165, 1.54) is 25.7 Å². The van der Waals surface area contributed by atoms with Crippen molar-refractivity contribution in [2.75, 3.05) is 26.9 Å². The molecule has 2 unspecified atom stereocenters. The van der Waals surface area contributed by atoms with Gasteiger partial charge in [-0.2, -0.15) is 0 Å². The highest BCUT2D eigenvalue weighted by Gasteiger charge is 2.58. The summed E-state index contributed by atoms with van der Waals surface area (Å²) in [6.07, 6.45) is 6.93. The van der Waals surface area contributed by atoms with E-state index in [4.69, 9.17) is 9.47 Å². The zero-order chi connectivity index (χ0) is 13.9. The van der Waals surface area contributed by atoms with Crippen molar-refractivity contribution in [3.63, 3.8) is 0 Å². The first-order chi connectivity index (χ1) is 9.04. The predicted octanol–water partition coefficient (Wildman–Crippen LogP) is 2.99. The molecule has 2 saturated carbocycles. The monoisotopic (exact) mass is 269 g/mol. The van der Waals surface area contributed by atoms with Gasteiger partial charge < -0.3 is 14.8 Å². The van der Waals surface area contributed by atoms with E-state index >= 15 is 0 Å². The molecule has 2 fully saturated rings.